The van der Waals surface area contributed by atoms with Gasteiger partial charge in [-0.1, -0.05) is 17.7 Å². The van der Waals surface area contributed by atoms with Gasteiger partial charge >= 0.3 is 5.97 Å². The highest BCUT2D eigenvalue weighted by Crippen LogP contribution is 2.19. The van der Waals surface area contributed by atoms with Gasteiger partial charge < -0.3 is 4.74 Å². The van der Waals surface area contributed by atoms with Crippen LogP contribution in [0, 0.1) is 5.82 Å². The third-order valence-electron chi connectivity index (χ3n) is 2.88. The molecule has 2 aromatic rings. The Morgan fingerprint density at radius 3 is 2.76 bits per heavy atom. The number of benzene rings is 1. The van der Waals surface area contributed by atoms with Crippen molar-refractivity contribution >= 4 is 23.9 Å². The average molecular weight is 308 g/mol. The molecule has 6 heteroatoms. The second-order valence-corrected chi connectivity index (χ2v) is 4.72. The smallest absolute Gasteiger partial charge is 0.340 e. The molecule has 0 amide bonds. The van der Waals surface area contributed by atoms with E-state index in [9.17, 15) is 14.0 Å². The van der Waals surface area contributed by atoms with E-state index in [1.807, 2.05) is 0 Å². The van der Waals surface area contributed by atoms with Crippen molar-refractivity contribution < 1.29 is 18.7 Å². The van der Waals surface area contributed by atoms with E-state index in [0.29, 0.717) is 18.3 Å². The number of hydrogen-bond donors (Lipinski definition) is 0. The molecule has 0 radical (unpaired) electrons. The number of aldehydes is 1. The van der Waals surface area contributed by atoms with E-state index in [1.165, 1.54) is 31.5 Å². The van der Waals surface area contributed by atoms with Crippen molar-refractivity contribution in [2.75, 3.05) is 7.11 Å². The maximum absolute atomic E-state index is 13.1. The molecule has 0 bridgehead atoms. The molecule has 0 aliphatic heterocycles. The number of rotatable bonds is 4. The first-order valence-corrected chi connectivity index (χ1v) is 6.39. The Bertz CT molecular complexity index is 703. The van der Waals surface area contributed by atoms with Crippen LogP contribution in [0.15, 0.2) is 30.5 Å². The monoisotopic (exact) mass is 307 g/mol. The number of carbonyl (C=O) groups is 2. The third-order valence-corrected chi connectivity index (χ3v) is 3.17. The van der Waals surface area contributed by atoms with Crippen LogP contribution in [0.4, 0.5) is 4.39 Å². The molecule has 1 aromatic carbocycles. The summed E-state index contributed by atoms with van der Waals surface area (Å²) in [4.78, 5) is 26.4. The fourth-order valence-electron chi connectivity index (χ4n) is 1.87. The van der Waals surface area contributed by atoms with Crippen LogP contribution < -0.4 is 0 Å². The van der Waals surface area contributed by atoms with Gasteiger partial charge in [-0.3, -0.25) is 9.78 Å². The number of ether oxygens (including phenoxy) is 1. The van der Waals surface area contributed by atoms with Gasteiger partial charge in [0.05, 0.1) is 17.7 Å². The number of carbonyl (C=O) groups excluding carboxylic acids is 2. The van der Waals surface area contributed by atoms with Crippen LogP contribution >= 0.6 is 11.6 Å². The van der Waals surface area contributed by atoms with E-state index in [4.69, 9.17) is 11.6 Å². The fraction of sp³-hybridized carbons (Fsp3) is 0.133. The third kappa shape index (κ3) is 3.44. The summed E-state index contributed by atoms with van der Waals surface area (Å²) in [6, 6.07) is 5.89. The van der Waals surface area contributed by atoms with E-state index >= 15 is 0 Å². The van der Waals surface area contributed by atoms with Crippen LogP contribution in [0.2, 0.25) is 5.02 Å². The van der Waals surface area contributed by atoms with Gasteiger partial charge in [0, 0.05) is 6.20 Å². The van der Waals surface area contributed by atoms with Crippen LogP contribution in [0.5, 0.6) is 0 Å². The first-order chi connectivity index (χ1) is 10.0. The minimum absolute atomic E-state index is 0.0164. The quantitative estimate of drug-likeness (QED) is 0.643. The normalized spacial score (nSPS) is 10.2. The number of nitrogens with zero attached hydrogens (tertiary/aromatic N) is 1. The number of pyridine rings is 1. The first-order valence-electron chi connectivity index (χ1n) is 6.01. The molecular weight excluding hydrogens is 297 g/mol. The van der Waals surface area contributed by atoms with Gasteiger partial charge in [0.15, 0.2) is 6.29 Å². The Labute approximate surface area is 125 Å². The van der Waals surface area contributed by atoms with Gasteiger partial charge in [-0.05, 0) is 35.7 Å². The fourth-order valence-corrected chi connectivity index (χ4v) is 2.07. The van der Waals surface area contributed by atoms with Crippen LogP contribution in [0.3, 0.4) is 0 Å². The van der Waals surface area contributed by atoms with Gasteiger partial charge in [0.2, 0.25) is 0 Å². The van der Waals surface area contributed by atoms with E-state index in [0.717, 1.165) is 5.56 Å². The molecule has 0 unspecified atom stereocenters. The first kappa shape index (κ1) is 15.1. The molecule has 2 rings (SSSR count). The van der Waals surface area contributed by atoms with Crippen molar-refractivity contribution in [3.8, 4) is 0 Å². The molecule has 0 fully saturated rings. The number of methoxy groups -OCH3 is 1. The number of halogens is 2. The molecule has 0 atom stereocenters. The SMILES string of the molecule is COC(=O)c1cc(Cc2ccc(F)c(Cl)c2)cnc1C=O. The van der Waals surface area contributed by atoms with E-state index < -0.39 is 11.8 Å². The lowest BCUT2D eigenvalue weighted by Gasteiger charge is -2.07. The lowest BCUT2D eigenvalue weighted by atomic mass is 10.0. The largest absolute Gasteiger partial charge is 0.465 e. The Balaban J connectivity index is 2.34. The van der Waals surface area contributed by atoms with E-state index in [1.54, 1.807) is 6.07 Å². The van der Waals surface area contributed by atoms with Gasteiger partial charge in [0.25, 0.3) is 0 Å². The van der Waals surface area contributed by atoms with E-state index in [-0.39, 0.29) is 16.3 Å². The van der Waals surface area contributed by atoms with Gasteiger partial charge in [-0.25, -0.2) is 9.18 Å². The Morgan fingerprint density at radius 1 is 1.38 bits per heavy atom. The number of esters is 1. The number of aromatic nitrogens is 1. The standard InChI is InChI=1S/C15H11ClFNO3/c1-21-15(20)11-5-10(7-18-14(11)8-19)4-9-2-3-13(17)12(16)6-9/h2-3,5-8H,4H2,1H3. The Kier molecular flexibility index (Phi) is 4.65. The van der Waals surface area contributed by atoms with Crippen molar-refractivity contribution in [3.05, 3.63) is 63.7 Å². The summed E-state index contributed by atoms with van der Waals surface area (Å²) in [5.74, 6) is -1.13. The second kappa shape index (κ2) is 6.45. The van der Waals surface area contributed by atoms with Crippen molar-refractivity contribution in [1.29, 1.82) is 0 Å². The number of hydrogen-bond acceptors (Lipinski definition) is 4. The zero-order valence-electron chi connectivity index (χ0n) is 11.1. The highest BCUT2D eigenvalue weighted by atomic mass is 35.5. The second-order valence-electron chi connectivity index (χ2n) is 4.31. The molecule has 1 heterocycles. The van der Waals surface area contributed by atoms with Gasteiger partial charge in [-0.15, -0.1) is 0 Å². The molecule has 21 heavy (non-hydrogen) atoms. The molecule has 0 spiro atoms. The molecule has 0 aliphatic rings. The van der Waals surface area contributed by atoms with Crippen molar-refractivity contribution in [3.63, 3.8) is 0 Å². The summed E-state index contributed by atoms with van der Waals surface area (Å²) >= 11 is 5.72. The molecule has 0 N–H and O–H groups in total. The lowest BCUT2D eigenvalue weighted by Crippen LogP contribution is -2.08. The molecule has 0 saturated carbocycles. The maximum atomic E-state index is 13.1. The molecule has 1 aromatic heterocycles. The zero-order valence-corrected chi connectivity index (χ0v) is 11.9. The van der Waals surface area contributed by atoms with Crippen molar-refractivity contribution in [2.24, 2.45) is 0 Å². The Morgan fingerprint density at radius 2 is 2.14 bits per heavy atom. The van der Waals surface area contributed by atoms with Crippen LogP contribution in [0.25, 0.3) is 0 Å². The predicted octanol–water partition coefficient (Wildman–Crippen LogP) is 3.06. The van der Waals surface area contributed by atoms with Gasteiger partial charge in [-0.2, -0.15) is 0 Å². The Hall–Kier alpha value is -2.27. The summed E-state index contributed by atoms with van der Waals surface area (Å²) in [5.41, 5.74) is 1.56. The predicted molar refractivity (Wildman–Crippen MR) is 75.2 cm³/mol. The lowest BCUT2D eigenvalue weighted by molar-refractivity contribution is 0.0597. The van der Waals surface area contributed by atoms with Crippen molar-refractivity contribution in [1.82, 2.24) is 4.98 Å². The van der Waals surface area contributed by atoms with Crippen LogP contribution in [0.1, 0.15) is 32.0 Å². The van der Waals surface area contributed by atoms with E-state index in [2.05, 4.69) is 9.72 Å². The summed E-state index contributed by atoms with van der Waals surface area (Å²) in [7, 11) is 1.23. The molecule has 108 valence electrons. The topological polar surface area (TPSA) is 56.3 Å². The molecule has 0 saturated heterocycles. The highest BCUT2D eigenvalue weighted by molar-refractivity contribution is 6.30. The highest BCUT2D eigenvalue weighted by Gasteiger charge is 2.14. The minimum Gasteiger partial charge on any atom is -0.465 e. The minimum atomic E-state index is -0.636. The maximum Gasteiger partial charge on any atom is 0.340 e. The summed E-state index contributed by atoms with van der Waals surface area (Å²) in [6.07, 6.45) is 2.37. The van der Waals surface area contributed by atoms with Crippen LogP contribution in [-0.4, -0.2) is 24.3 Å². The van der Waals surface area contributed by atoms with Gasteiger partial charge in [0.1, 0.15) is 11.5 Å². The molecule has 4 nitrogen and oxygen atoms in total. The van der Waals surface area contributed by atoms with Crippen LogP contribution in [-0.2, 0) is 11.2 Å². The molecule has 0 aliphatic carbocycles. The van der Waals surface area contributed by atoms with Crippen molar-refractivity contribution in [2.45, 2.75) is 6.42 Å². The average Bonchev–Trinajstić information content (AvgIpc) is 2.50. The zero-order chi connectivity index (χ0) is 15.4. The summed E-state index contributed by atoms with van der Waals surface area (Å²) in [6.45, 7) is 0. The summed E-state index contributed by atoms with van der Waals surface area (Å²) < 4.78 is 17.7. The molecular formula is C15H11ClFNO3. The summed E-state index contributed by atoms with van der Waals surface area (Å²) in [5, 5.41) is 0.0261.